The molecule has 0 aromatic heterocycles. The van der Waals surface area contributed by atoms with Gasteiger partial charge in [0.25, 0.3) is 0 Å². The summed E-state index contributed by atoms with van der Waals surface area (Å²) >= 11 is 0. The molecule has 1 aliphatic heterocycles. The van der Waals surface area contributed by atoms with E-state index in [0.717, 1.165) is 6.26 Å². The summed E-state index contributed by atoms with van der Waals surface area (Å²) < 4.78 is 33.4. The van der Waals surface area contributed by atoms with Gasteiger partial charge < -0.3 is 19.5 Å². The van der Waals surface area contributed by atoms with E-state index in [1.165, 1.54) is 19.2 Å². The van der Waals surface area contributed by atoms with Crippen LogP contribution in [0.25, 0.3) is 0 Å². The number of aliphatic carboxylic acids is 1. The number of carbonyl (C=O) groups is 2. The Balaban J connectivity index is 1.77. The number of sulfone groups is 1. The zero-order valence-electron chi connectivity index (χ0n) is 15.5. The van der Waals surface area contributed by atoms with Gasteiger partial charge in [0.1, 0.15) is 11.2 Å². The van der Waals surface area contributed by atoms with Gasteiger partial charge in [0.05, 0.1) is 18.1 Å². The van der Waals surface area contributed by atoms with Crippen molar-refractivity contribution in [3.63, 3.8) is 0 Å². The van der Waals surface area contributed by atoms with Crippen LogP contribution >= 0.6 is 0 Å². The Labute approximate surface area is 159 Å². The third kappa shape index (κ3) is 5.43. The number of methoxy groups -OCH3 is 1. The van der Waals surface area contributed by atoms with E-state index in [4.69, 9.17) is 9.47 Å². The summed E-state index contributed by atoms with van der Waals surface area (Å²) in [5.41, 5.74) is -1.03. The van der Waals surface area contributed by atoms with Crippen LogP contribution in [0.15, 0.2) is 29.2 Å². The Kier molecular flexibility index (Phi) is 6.83. The number of rotatable bonds is 9. The molecule has 27 heavy (non-hydrogen) atoms. The van der Waals surface area contributed by atoms with E-state index in [1.54, 1.807) is 17.0 Å². The molecule has 1 aromatic carbocycles. The molecule has 0 saturated carbocycles. The minimum Gasteiger partial charge on any atom is -0.494 e. The van der Waals surface area contributed by atoms with Gasteiger partial charge in [-0.25, -0.2) is 8.42 Å². The maximum Gasteiger partial charge on any atom is 0.313 e. The molecule has 0 radical (unpaired) electrons. The van der Waals surface area contributed by atoms with Gasteiger partial charge in [-0.2, -0.15) is 0 Å². The molecule has 9 heteroatoms. The quantitative estimate of drug-likeness (QED) is 0.621. The van der Waals surface area contributed by atoms with Gasteiger partial charge in [-0.05, 0) is 37.1 Å². The fourth-order valence-corrected chi connectivity index (χ4v) is 3.70. The second-order valence-corrected chi connectivity index (χ2v) is 8.80. The highest BCUT2D eigenvalue weighted by molar-refractivity contribution is 7.90. The summed E-state index contributed by atoms with van der Waals surface area (Å²) in [6.07, 6.45) is 2.25. The summed E-state index contributed by atoms with van der Waals surface area (Å²) in [7, 11) is -1.79. The van der Waals surface area contributed by atoms with Crippen LogP contribution in [0.4, 0.5) is 0 Å². The maximum absolute atomic E-state index is 12.3. The molecule has 1 saturated heterocycles. The number of amides is 1. The predicted molar refractivity (Wildman–Crippen MR) is 97.4 cm³/mol. The smallest absolute Gasteiger partial charge is 0.313 e. The van der Waals surface area contributed by atoms with Crippen molar-refractivity contribution in [3.8, 4) is 5.75 Å². The molecule has 0 spiro atoms. The van der Waals surface area contributed by atoms with Crippen molar-refractivity contribution < 1.29 is 32.6 Å². The summed E-state index contributed by atoms with van der Waals surface area (Å²) in [6.45, 7) is 0.948. The molecule has 8 nitrogen and oxygen atoms in total. The van der Waals surface area contributed by atoms with Gasteiger partial charge >= 0.3 is 5.97 Å². The second kappa shape index (κ2) is 8.71. The van der Waals surface area contributed by atoms with Crippen LogP contribution in [0.1, 0.15) is 19.3 Å². The first-order valence-corrected chi connectivity index (χ1v) is 10.5. The van der Waals surface area contributed by atoms with Gasteiger partial charge in [0.15, 0.2) is 9.84 Å². The molecule has 1 N–H and O–H groups in total. The summed E-state index contributed by atoms with van der Waals surface area (Å²) in [4.78, 5) is 25.6. The van der Waals surface area contributed by atoms with Crippen LogP contribution in [0, 0.1) is 5.41 Å². The zero-order chi connectivity index (χ0) is 20.1. The average molecular weight is 399 g/mol. The van der Waals surface area contributed by atoms with E-state index in [9.17, 15) is 23.1 Å². The number of likely N-dealkylation sites (tertiary alicyclic amines) is 1. The fraction of sp³-hybridized carbons (Fsp3) is 0.556. The minimum atomic E-state index is -3.24. The lowest BCUT2D eigenvalue weighted by Crippen LogP contribution is -2.40. The Morgan fingerprint density at radius 2 is 1.93 bits per heavy atom. The number of nitrogens with zero attached hydrogens (tertiary/aromatic N) is 1. The zero-order valence-corrected chi connectivity index (χ0v) is 16.3. The largest absolute Gasteiger partial charge is 0.494 e. The van der Waals surface area contributed by atoms with Gasteiger partial charge in [-0.3, -0.25) is 9.59 Å². The Hall–Kier alpha value is -2.13. The number of ether oxygens (including phenoxy) is 2. The Bertz CT molecular complexity index is 775. The molecule has 150 valence electrons. The SMILES string of the molecule is COCC1(C(=O)O)CCN(C(=O)CCCOc2ccc(S(C)(=O)=O)cc2)C1. The van der Waals surface area contributed by atoms with E-state index in [-0.39, 0.29) is 30.4 Å². The van der Waals surface area contributed by atoms with Crippen LogP contribution in [-0.2, 0) is 24.2 Å². The molecule has 1 aromatic rings. The van der Waals surface area contributed by atoms with E-state index in [0.29, 0.717) is 31.7 Å². The third-order valence-electron chi connectivity index (χ3n) is 4.64. The molecule has 1 atom stereocenters. The first-order valence-electron chi connectivity index (χ1n) is 8.61. The molecule has 1 unspecified atom stereocenters. The lowest BCUT2D eigenvalue weighted by molar-refractivity contribution is -0.151. The number of hydrogen-bond donors (Lipinski definition) is 1. The van der Waals surface area contributed by atoms with Crippen LogP contribution < -0.4 is 4.74 Å². The highest BCUT2D eigenvalue weighted by Gasteiger charge is 2.46. The molecule has 1 aliphatic rings. The van der Waals surface area contributed by atoms with Crippen molar-refractivity contribution in [2.24, 2.45) is 5.41 Å². The number of carboxylic acid groups (broad SMARTS) is 1. The molecule has 2 rings (SSSR count). The van der Waals surface area contributed by atoms with Crippen LogP contribution in [-0.4, -0.2) is 70.0 Å². The molecule has 1 fully saturated rings. The van der Waals surface area contributed by atoms with Crippen LogP contribution in [0.5, 0.6) is 5.75 Å². The summed E-state index contributed by atoms with van der Waals surface area (Å²) in [5.74, 6) is -0.521. The van der Waals surface area contributed by atoms with Crippen molar-refractivity contribution in [1.29, 1.82) is 0 Å². The Morgan fingerprint density at radius 1 is 1.26 bits per heavy atom. The predicted octanol–water partition coefficient (Wildman–Crippen LogP) is 1.20. The molecular formula is C18H25NO7S. The molecule has 1 amide bonds. The standard InChI is InChI=1S/C18H25NO7S/c1-25-13-18(17(21)22)9-10-19(12-18)16(20)4-3-11-26-14-5-7-15(8-6-14)27(2,23)24/h5-8H,3-4,9-13H2,1-2H3,(H,21,22). The van der Waals surface area contributed by atoms with Crippen molar-refractivity contribution in [1.82, 2.24) is 4.90 Å². The second-order valence-electron chi connectivity index (χ2n) is 6.78. The monoisotopic (exact) mass is 399 g/mol. The lowest BCUT2D eigenvalue weighted by Gasteiger charge is -2.23. The normalized spacial score (nSPS) is 19.9. The first-order chi connectivity index (χ1) is 12.7. The Morgan fingerprint density at radius 3 is 2.48 bits per heavy atom. The fourth-order valence-electron chi connectivity index (χ4n) is 3.07. The van der Waals surface area contributed by atoms with Gasteiger partial charge in [-0.1, -0.05) is 0 Å². The molecule has 0 aliphatic carbocycles. The first kappa shape index (κ1) is 21.2. The number of carbonyl (C=O) groups excluding carboxylic acids is 1. The van der Waals surface area contributed by atoms with Gasteiger partial charge in [0, 0.05) is 32.9 Å². The van der Waals surface area contributed by atoms with Crippen LogP contribution in [0.2, 0.25) is 0 Å². The van der Waals surface area contributed by atoms with Gasteiger partial charge in [-0.15, -0.1) is 0 Å². The number of benzene rings is 1. The summed E-state index contributed by atoms with van der Waals surface area (Å²) in [5, 5.41) is 9.43. The van der Waals surface area contributed by atoms with Crippen molar-refractivity contribution in [2.45, 2.75) is 24.2 Å². The average Bonchev–Trinajstić information content (AvgIpc) is 3.04. The highest BCUT2D eigenvalue weighted by Crippen LogP contribution is 2.31. The van der Waals surface area contributed by atoms with Crippen molar-refractivity contribution in [2.75, 3.05) is 39.7 Å². The van der Waals surface area contributed by atoms with Crippen LogP contribution in [0.3, 0.4) is 0 Å². The molecular weight excluding hydrogens is 374 g/mol. The third-order valence-corrected chi connectivity index (χ3v) is 5.76. The summed E-state index contributed by atoms with van der Waals surface area (Å²) in [6, 6.07) is 6.10. The topological polar surface area (TPSA) is 110 Å². The van der Waals surface area contributed by atoms with E-state index < -0.39 is 21.2 Å². The highest BCUT2D eigenvalue weighted by atomic mass is 32.2. The maximum atomic E-state index is 12.3. The number of hydrogen-bond acceptors (Lipinski definition) is 6. The van der Waals surface area contributed by atoms with Crippen molar-refractivity contribution in [3.05, 3.63) is 24.3 Å². The number of carboxylic acids is 1. The van der Waals surface area contributed by atoms with E-state index in [2.05, 4.69) is 0 Å². The lowest BCUT2D eigenvalue weighted by atomic mass is 9.88. The van der Waals surface area contributed by atoms with Gasteiger partial charge in [0.2, 0.25) is 5.91 Å². The molecule has 1 heterocycles. The van der Waals surface area contributed by atoms with E-state index in [1.807, 2.05) is 0 Å². The van der Waals surface area contributed by atoms with Crippen molar-refractivity contribution >= 4 is 21.7 Å². The minimum absolute atomic E-state index is 0.0820. The van der Waals surface area contributed by atoms with E-state index >= 15 is 0 Å². The molecule has 0 bridgehead atoms.